The van der Waals surface area contributed by atoms with Gasteiger partial charge in [-0.3, -0.25) is 9.59 Å². The molecule has 3 rings (SSSR count). The molecule has 0 fully saturated rings. The Kier molecular flexibility index (Phi) is 14.5. The molecule has 42 heavy (non-hydrogen) atoms. The molecular formula is C36H50O6. The molecule has 0 atom stereocenters. The first-order valence-corrected chi connectivity index (χ1v) is 15.9. The number of ether oxygens (including phenoxy) is 4. The third kappa shape index (κ3) is 11.2. The molecule has 3 aromatic rings. The van der Waals surface area contributed by atoms with Gasteiger partial charge in [-0.05, 0) is 53.4 Å². The summed E-state index contributed by atoms with van der Waals surface area (Å²) in [5.41, 5.74) is 0. The Bertz CT molecular complexity index is 1100. The maximum absolute atomic E-state index is 11.7. The fourth-order valence-corrected chi connectivity index (χ4v) is 5.15. The van der Waals surface area contributed by atoms with E-state index in [0.717, 1.165) is 97.3 Å². The van der Waals surface area contributed by atoms with Crippen molar-refractivity contribution in [1.29, 1.82) is 0 Å². The molecule has 0 heterocycles. The van der Waals surface area contributed by atoms with Crippen LogP contribution >= 0.6 is 0 Å². The van der Waals surface area contributed by atoms with Crippen LogP contribution in [0.15, 0.2) is 48.5 Å². The summed E-state index contributed by atoms with van der Waals surface area (Å²) >= 11 is 0. The third-order valence-corrected chi connectivity index (χ3v) is 7.11. The van der Waals surface area contributed by atoms with E-state index in [4.69, 9.17) is 18.9 Å². The third-order valence-electron chi connectivity index (χ3n) is 7.11. The van der Waals surface area contributed by atoms with Crippen LogP contribution in [0.1, 0.15) is 105 Å². The smallest absolute Gasteiger partial charge is 0.306 e. The van der Waals surface area contributed by atoms with Crippen LogP contribution in [-0.4, -0.2) is 37.4 Å². The van der Waals surface area contributed by atoms with E-state index in [2.05, 4.69) is 48.5 Å². The van der Waals surface area contributed by atoms with Gasteiger partial charge in [0.05, 0.1) is 25.4 Å². The lowest BCUT2D eigenvalue weighted by Crippen LogP contribution is -2.10. The van der Waals surface area contributed by atoms with Crippen molar-refractivity contribution in [3.05, 3.63) is 48.5 Å². The zero-order chi connectivity index (χ0) is 30.2. The van der Waals surface area contributed by atoms with E-state index in [0.29, 0.717) is 26.1 Å². The van der Waals surface area contributed by atoms with Gasteiger partial charge in [0.1, 0.15) is 11.5 Å². The van der Waals surface area contributed by atoms with E-state index in [1.165, 1.54) is 0 Å². The summed E-state index contributed by atoms with van der Waals surface area (Å²) in [6.07, 6.45) is 10.9. The predicted octanol–water partition coefficient (Wildman–Crippen LogP) is 9.34. The molecule has 0 saturated heterocycles. The van der Waals surface area contributed by atoms with Crippen molar-refractivity contribution < 1.29 is 28.5 Å². The Hall–Kier alpha value is -3.28. The van der Waals surface area contributed by atoms with Crippen molar-refractivity contribution in [2.45, 2.75) is 117 Å². The maximum Gasteiger partial charge on any atom is 0.306 e. The highest BCUT2D eigenvalue weighted by Gasteiger charge is 2.16. The second kappa shape index (κ2) is 18.3. The van der Waals surface area contributed by atoms with Crippen LogP contribution in [0.5, 0.6) is 11.5 Å². The van der Waals surface area contributed by atoms with Gasteiger partial charge in [-0.15, -0.1) is 0 Å². The van der Waals surface area contributed by atoms with E-state index < -0.39 is 0 Å². The van der Waals surface area contributed by atoms with Crippen LogP contribution in [0.25, 0.3) is 21.5 Å². The highest BCUT2D eigenvalue weighted by Crippen LogP contribution is 2.42. The first kappa shape index (κ1) is 33.2. The number of hydrogen-bond donors (Lipinski definition) is 0. The van der Waals surface area contributed by atoms with Crippen molar-refractivity contribution in [1.82, 2.24) is 0 Å². The Morgan fingerprint density at radius 3 is 1.14 bits per heavy atom. The van der Waals surface area contributed by atoms with Gasteiger partial charge in [0, 0.05) is 34.4 Å². The van der Waals surface area contributed by atoms with E-state index >= 15 is 0 Å². The molecule has 0 aromatic heterocycles. The SMILES string of the molecule is CC(C)OC(=O)CCCCCCCOc1c2ccccc2c(OCCCCCCCC(=O)OC(C)C)c2ccccc12. The van der Waals surface area contributed by atoms with Crippen LogP contribution in [0, 0.1) is 0 Å². The molecule has 6 heteroatoms. The number of fused-ring (bicyclic) bond motifs is 2. The van der Waals surface area contributed by atoms with E-state index in [9.17, 15) is 9.59 Å². The van der Waals surface area contributed by atoms with Gasteiger partial charge in [0.15, 0.2) is 0 Å². The van der Waals surface area contributed by atoms with E-state index in [-0.39, 0.29) is 24.1 Å². The Morgan fingerprint density at radius 1 is 0.500 bits per heavy atom. The number of hydrogen-bond acceptors (Lipinski definition) is 6. The highest BCUT2D eigenvalue weighted by molar-refractivity contribution is 6.11. The van der Waals surface area contributed by atoms with Crippen molar-refractivity contribution >= 4 is 33.5 Å². The molecule has 0 saturated carbocycles. The molecule has 0 unspecified atom stereocenters. The number of esters is 2. The molecule has 0 spiro atoms. The standard InChI is InChI=1S/C36H50O6/c1-27(2)41-33(37)23-11-7-5-9-17-25-39-35-29-19-13-15-21-31(29)36(32-22-16-14-20-30(32)35)40-26-18-10-6-8-12-24-34(38)42-28(3)4/h13-16,19-22,27-28H,5-12,17-18,23-26H2,1-4H3. The van der Waals surface area contributed by atoms with Gasteiger partial charge < -0.3 is 18.9 Å². The lowest BCUT2D eigenvalue weighted by Gasteiger charge is -2.18. The maximum atomic E-state index is 11.7. The van der Waals surface area contributed by atoms with E-state index in [1.54, 1.807) is 0 Å². The summed E-state index contributed by atoms with van der Waals surface area (Å²) in [6.45, 7) is 8.83. The Balaban J connectivity index is 1.49. The van der Waals surface area contributed by atoms with Crippen LogP contribution in [0.4, 0.5) is 0 Å². The zero-order valence-corrected chi connectivity index (χ0v) is 26.1. The van der Waals surface area contributed by atoms with Crippen LogP contribution in [0.3, 0.4) is 0 Å². The molecule has 0 aliphatic heterocycles. The van der Waals surface area contributed by atoms with Crippen molar-refractivity contribution in [2.24, 2.45) is 0 Å². The first-order valence-electron chi connectivity index (χ1n) is 15.9. The van der Waals surface area contributed by atoms with Gasteiger partial charge >= 0.3 is 11.9 Å². The average Bonchev–Trinajstić information content (AvgIpc) is 2.95. The largest absolute Gasteiger partial charge is 0.492 e. The van der Waals surface area contributed by atoms with E-state index in [1.807, 2.05) is 27.7 Å². The molecule has 0 bridgehead atoms. The van der Waals surface area contributed by atoms with Gasteiger partial charge in [0.25, 0.3) is 0 Å². The summed E-state index contributed by atoms with van der Waals surface area (Å²) < 4.78 is 23.3. The number of unbranched alkanes of at least 4 members (excludes halogenated alkanes) is 8. The number of rotatable bonds is 20. The normalized spacial score (nSPS) is 11.4. The molecule has 0 aliphatic carbocycles. The molecular weight excluding hydrogens is 528 g/mol. The fourth-order valence-electron chi connectivity index (χ4n) is 5.15. The second-order valence-corrected chi connectivity index (χ2v) is 11.6. The summed E-state index contributed by atoms with van der Waals surface area (Å²) in [7, 11) is 0. The summed E-state index contributed by atoms with van der Waals surface area (Å²) in [5, 5.41) is 4.29. The van der Waals surface area contributed by atoms with Gasteiger partial charge in [0.2, 0.25) is 0 Å². The van der Waals surface area contributed by atoms with Gasteiger partial charge in [-0.1, -0.05) is 87.1 Å². The molecule has 0 radical (unpaired) electrons. The highest BCUT2D eigenvalue weighted by atomic mass is 16.5. The molecule has 230 valence electrons. The first-order chi connectivity index (χ1) is 20.4. The van der Waals surface area contributed by atoms with Crippen molar-refractivity contribution in [3.63, 3.8) is 0 Å². The number of carbonyl (C=O) groups excluding carboxylic acids is 2. The van der Waals surface area contributed by atoms with Crippen molar-refractivity contribution in [2.75, 3.05) is 13.2 Å². The molecule has 0 amide bonds. The monoisotopic (exact) mass is 578 g/mol. The Labute approximate surface area is 252 Å². The lowest BCUT2D eigenvalue weighted by atomic mass is 10.0. The lowest BCUT2D eigenvalue weighted by molar-refractivity contribution is -0.148. The number of benzene rings is 3. The minimum atomic E-state index is -0.0999. The van der Waals surface area contributed by atoms with Crippen molar-refractivity contribution in [3.8, 4) is 11.5 Å². The zero-order valence-electron chi connectivity index (χ0n) is 26.1. The second-order valence-electron chi connectivity index (χ2n) is 11.6. The summed E-state index contributed by atoms with van der Waals surface area (Å²) in [6, 6.07) is 16.7. The topological polar surface area (TPSA) is 71.1 Å². The van der Waals surface area contributed by atoms with Gasteiger partial charge in [-0.25, -0.2) is 0 Å². The minimum absolute atomic E-state index is 0.0436. The molecule has 6 nitrogen and oxygen atoms in total. The molecule has 0 aliphatic rings. The summed E-state index contributed by atoms with van der Waals surface area (Å²) in [5.74, 6) is 1.64. The quantitative estimate of drug-likeness (QED) is 0.0756. The molecule has 3 aromatic carbocycles. The fraction of sp³-hybridized carbons (Fsp3) is 0.556. The minimum Gasteiger partial charge on any atom is -0.492 e. The van der Waals surface area contributed by atoms with Crippen LogP contribution in [0.2, 0.25) is 0 Å². The predicted molar refractivity (Wildman–Crippen MR) is 170 cm³/mol. The number of carbonyl (C=O) groups is 2. The molecule has 0 N–H and O–H groups in total. The van der Waals surface area contributed by atoms with Crippen LogP contribution < -0.4 is 9.47 Å². The Morgan fingerprint density at radius 2 is 0.810 bits per heavy atom. The average molecular weight is 579 g/mol. The summed E-state index contributed by atoms with van der Waals surface area (Å²) in [4.78, 5) is 23.4. The van der Waals surface area contributed by atoms with Crippen LogP contribution in [-0.2, 0) is 19.1 Å². The van der Waals surface area contributed by atoms with Gasteiger partial charge in [-0.2, -0.15) is 0 Å².